The lowest BCUT2D eigenvalue weighted by Gasteiger charge is -2.00. The molecule has 0 fully saturated rings. The van der Waals surface area contributed by atoms with Gasteiger partial charge in [-0.3, -0.25) is 9.59 Å². The molecule has 1 aromatic carbocycles. The number of aromatic amines is 1. The number of carbonyl (C=O) groups excluding carboxylic acids is 2. The van der Waals surface area contributed by atoms with Gasteiger partial charge in [-0.15, -0.1) is 0 Å². The van der Waals surface area contributed by atoms with Crippen molar-refractivity contribution in [3.8, 4) is 0 Å². The van der Waals surface area contributed by atoms with Crippen LogP contribution in [0.3, 0.4) is 0 Å². The molecule has 0 saturated heterocycles. The molecule has 0 spiro atoms. The Morgan fingerprint density at radius 3 is 2.82 bits per heavy atom. The van der Waals surface area contributed by atoms with E-state index in [2.05, 4.69) is 10.3 Å². The predicted molar refractivity (Wildman–Crippen MR) is 65.7 cm³/mol. The lowest BCUT2D eigenvalue weighted by atomic mass is 10.1. The van der Waals surface area contributed by atoms with Gasteiger partial charge in [0.2, 0.25) is 5.78 Å². The number of nitrogens with one attached hydrogen (secondary N) is 2. The average molecular weight is 230 g/mol. The van der Waals surface area contributed by atoms with Crippen molar-refractivity contribution in [1.29, 1.82) is 0 Å². The maximum atomic E-state index is 11.6. The Morgan fingerprint density at radius 1 is 1.29 bits per heavy atom. The third-order valence-corrected chi connectivity index (χ3v) is 2.62. The van der Waals surface area contributed by atoms with E-state index in [1.165, 1.54) is 0 Å². The molecular weight excluding hydrogens is 216 g/mol. The van der Waals surface area contributed by atoms with Gasteiger partial charge in [0.05, 0.1) is 0 Å². The highest BCUT2D eigenvalue weighted by atomic mass is 16.2. The summed E-state index contributed by atoms with van der Waals surface area (Å²) in [6.07, 6.45) is 1.91. The fraction of sp³-hybridized carbons (Fsp3) is 0.231. The standard InChI is InChI=1S/C13H14N2O2/c1-2-14-13(17)12(16)7-9-8-15-11-6-4-3-5-10(9)11/h3-6,8,15H,2,7H2,1H3,(H,14,17). The molecule has 0 atom stereocenters. The van der Waals surface area contributed by atoms with Crippen LogP contribution in [-0.4, -0.2) is 23.2 Å². The molecule has 0 radical (unpaired) electrons. The molecule has 0 aliphatic rings. The SMILES string of the molecule is CCNC(=O)C(=O)Cc1c[nH]c2ccccc12. The van der Waals surface area contributed by atoms with E-state index in [1.807, 2.05) is 24.3 Å². The van der Waals surface area contributed by atoms with Crippen molar-refractivity contribution in [3.05, 3.63) is 36.0 Å². The number of carbonyl (C=O) groups is 2. The first-order chi connectivity index (χ1) is 8.22. The van der Waals surface area contributed by atoms with Crippen molar-refractivity contribution < 1.29 is 9.59 Å². The number of likely N-dealkylation sites (N-methyl/N-ethyl adjacent to an activating group) is 1. The minimum Gasteiger partial charge on any atom is -0.361 e. The predicted octanol–water partition coefficient (Wildman–Crippen LogP) is 1.42. The van der Waals surface area contributed by atoms with Crippen LogP contribution in [0.2, 0.25) is 0 Å². The van der Waals surface area contributed by atoms with E-state index < -0.39 is 11.7 Å². The Hall–Kier alpha value is -2.10. The molecule has 1 aromatic heterocycles. The highest BCUT2D eigenvalue weighted by molar-refractivity contribution is 6.36. The molecule has 0 aliphatic heterocycles. The van der Waals surface area contributed by atoms with E-state index in [9.17, 15) is 9.59 Å². The molecule has 88 valence electrons. The van der Waals surface area contributed by atoms with Crippen LogP contribution in [0.1, 0.15) is 12.5 Å². The number of benzene rings is 1. The summed E-state index contributed by atoms with van der Waals surface area (Å²) in [6.45, 7) is 2.26. The largest absolute Gasteiger partial charge is 0.361 e. The van der Waals surface area contributed by atoms with Gasteiger partial charge in [-0.1, -0.05) is 18.2 Å². The molecule has 2 N–H and O–H groups in total. The highest BCUT2D eigenvalue weighted by Crippen LogP contribution is 2.18. The Morgan fingerprint density at radius 2 is 2.06 bits per heavy atom. The van der Waals surface area contributed by atoms with E-state index in [-0.39, 0.29) is 6.42 Å². The topological polar surface area (TPSA) is 62.0 Å². The summed E-state index contributed by atoms with van der Waals surface area (Å²) >= 11 is 0. The molecule has 4 heteroatoms. The van der Waals surface area contributed by atoms with Crippen LogP contribution in [-0.2, 0) is 16.0 Å². The summed E-state index contributed by atoms with van der Waals surface area (Å²) < 4.78 is 0. The minimum absolute atomic E-state index is 0.135. The second-order valence-corrected chi connectivity index (χ2v) is 3.82. The van der Waals surface area contributed by atoms with Crippen LogP contribution in [0.5, 0.6) is 0 Å². The van der Waals surface area contributed by atoms with E-state index >= 15 is 0 Å². The van der Waals surface area contributed by atoms with Crippen molar-refractivity contribution in [3.63, 3.8) is 0 Å². The van der Waals surface area contributed by atoms with Crippen LogP contribution < -0.4 is 5.32 Å². The van der Waals surface area contributed by atoms with Crippen LogP contribution >= 0.6 is 0 Å². The molecule has 2 aromatic rings. The minimum atomic E-state index is -0.516. The van der Waals surface area contributed by atoms with Crippen molar-refractivity contribution in [2.45, 2.75) is 13.3 Å². The molecule has 4 nitrogen and oxygen atoms in total. The first-order valence-electron chi connectivity index (χ1n) is 5.58. The number of amides is 1. The third kappa shape index (κ3) is 2.36. The second-order valence-electron chi connectivity index (χ2n) is 3.82. The van der Waals surface area contributed by atoms with E-state index in [0.717, 1.165) is 16.5 Å². The maximum Gasteiger partial charge on any atom is 0.287 e. The first kappa shape index (κ1) is 11.4. The summed E-state index contributed by atoms with van der Waals surface area (Å²) in [6, 6.07) is 7.71. The number of H-pyrrole nitrogens is 1. The Balaban J connectivity index is 2.19. The quantitative estimate of drug-likeness (QED) is 0.780. The van der Waals surface area contributed by atoms with Gasteiger partial charge in [0.15, 0.2) is 0 Å². The van der Waals surface area contributed by atoms with Crippen molar-refractivity contribution in [2.24, 2.45) is 0 Å². The van der Waals surface area contributed by atoms with E-state index in [0.29, 0.717) is 6.54 Å². The maximum absolute atomic E-state index is 11.6. The molecule has 0 unspecified atom stereocenters. The normalized spacial score (nSPS) is 10.4. The second kappa shape index (κ2) is 4.82. The zero-order valence-electron chi connectivity index (χ0n) is 9.62. The van der Waals surface area contributed by atoms with Gasteiger partial charge >= 0.3 is 0 Å². The van der Waals surface area contributed by atoms with Crippen molar-refractivity contribution in [2.75, 3.05) is 6.54 Å². The summed E-state index contributed by atoms with van der Waals surface area (Å²) in [5.41, 5.74) is 1.84. The highest BCUT2D eigenvalue weighted by Gasteiger charge is 2.15. The lowest BCUT2D eigenvalue weighted by Crippen LogP contribution is -2.31. The number of hydrogen-bond acceptors (Lipinski definition) is 2. The van der Waals surface area contributed by atoms with Gasteiger partial charge in [0.25, 0.3) is 5.91 Å². The van der Waals surface area contributed by atoms with Gasteiger partial charge in [0.1, 0.15) is 0 Å². The molecule has 1 amide bonds. The number of Topliss-reactive ketones (excluding diaryl/α,β-unsaturated/α-hetero) is 1. The molecule has 2 rings (SSSR count). The van der Waals surface area contributed by atoms with Crippen LogP contribution in [0.25, 0.3) is 10.9 Å². The first-order valence-corrected chi connectivity index (χ1v) is 5.58. The van der Waals surface area contributed by atoms with Gasteiger partial charge < -0.3 is 10.3 Å². The zero-order chi connectivity index (χ0) is 12.3. The van der Waals surface area contributed by atoms with Gasteiger partial charge in [-0.05, 0) is 18.6 Å². The number of para-hydroxylation sites is 1. The average Bonchev–Trinajstić information content (AvgIpc) is 2.73. The van der Waals surface area contributed by atoms with Gasteiger partial charge in [0, 0.05) is 30.1 Å². The summed E-state index contributed by atoms with van der Waals surface area (Å²) in [7, 11) is 0. The zero-order valence-corrected chi connectivity index (χ0v) is 9.62. The molecule has 0 saturated carbocycles. The molecule has 0 bridgehead atoms. The van der Waals surface area contributed by atoms with Crippen LogP contribution in [0, 0.1) is 0 Å². The van der Waals surface area contributed by atoms with Crippen LogP contribution in [0.4, 0.5) is 0 Å². The Labute approximate surface area is 99.0 Å². The number of aromatic nitrogens is 1. The molecular formula is C13H14N2O2. The van der Waals surface area contributed by atoms with Gasteiger partial charge in [-0.25, -0.2) is 0 Å². The molecule has 0 aliphatic carbocycles. The van der Waals surface area contributed by atoms with Crippen LogP contribution in [0.15, 0.2) is 30.5 Å². The molecule has 1 heterocycles. The Kier molecular flexibility index (Phi) is 3.23. The summed E-state index contributed by atoms with van der Waals surface area (Å²) in [5.74, 6) is -0.922. The van der Waals surface area contributed by atoms with Crippen molar-refractivity contribution >= 4 is 22.6 Å². The lowest BCUT2D eigenvalue weighted by molar-refractivity contribution is -0.137. The monoisotopic (exact) mass is 230 g/mol. The number of rotatable bonds is 4. The number of ketones is 1. The smallest absolute Gasteiger partial charge is 0.287 e. The van der Waals surface area contributed by atoms with E-state index in [4.69, 9.17) is 0 Å². The van der Waals surface area contributed by atoms with Crippen molar-refractivity contribution in [1.82, 2.24) is 10.3 Å². The fourth-order valence-corrected chi connectivity index (χ4v) is 1.79. The van der Waals surface area contributed by atoms with Gasteiger partial charge in [-0.2, -0.15) is 0 Å². The fourth-order valence-electron chi connectivity index (χ4n) is 1.79. The number of fused-ring (bicyclic) bond motifs is 1. The Bertz CT molecular complexity index is 557. The molecule has 17 heavy (non-hydrogen) atoms. The summed E-state index contributed by atoms with van der Waals surface area (Å²) in [5, 5.41) is 3.50. The van der Waals surface area contributed by atoms with E-state index in [1.54, 1.807) is 13.1 Å². The summed E-state index contributed by atoms with van der Waals surface area (Å²) in [4.78, 5) is 26.0. The number of hydrogen-bond donors (Lipinski definition) is 2. The third-order valence-electron chi connectivity index (χ3n) is 2.62.